The average Bonchev–Trinajstić information content (AvgIpc) is 3.81. The van der Waals surface area contributed by atoms with Crippen LogP contribution >= 0.6 is 0 Å². The Balaban J connectivity index is 0.000000334. The van der Waals surface area contributed by atoms with Gasteiger partial charge in [0.2, 0.25) is 0 Å². The maximum Gasteiger partial charge on any atom is 0.138 e. The zero-order valence-electron chi connectivity index (χ0n) is 48.4. The summed E-state index contributed by atoms with van der Waals surface area (Å²) < 4.78 is 0. The van der Waals surface area contributed by atoms with Crippen LogP contribution in [0.25, 0.3) is 27.8 Å². The predicted molar refractivity (Wildman–Crippen MR) is 337 cm³/mol. The van der Waals surface area contributed by atoms with Crippen LogP contribution in [0.1, 0.15) is 50.1 Å². The van der Waals surface area contributed by atoms with Crippen LogP contribution in [-0.4, -0.2) is 56.4 Å². The Morgan fingerprint density at radius 3 is 0.975 bits per heavy atom. The van der Waals surface area contributed by atoms with E-state index in [4.69, 9.17) is 0 Å². The van der Waals surface area contributed by atoms with Crippen molar-refractivity contribution in [2.24, 2.45) is 0 Å². The molecule has 0 saturated heterocycles. The average molecular weight is 1050 g/mol. The second-order valence-electron chi connectivity index (χ2n) is 19.8. The molecule has 0 aromatic heterocycles. The SMILES string of the molecule is CN(C)c1ccc(C(=C(C#N)C#N)[C+](c2ccc(N(C)C)cc2)c2c(-c3ccc(N(C)C)cc3)c(C#N)c(-c3ccc(N(C)C)cc3)[c-]2C#N)cc1.Cc1ccccc1.Cc1ccccc1.Cc1ccccc1.Cc1ccccc1. The lowest BCUT2D eigenvalue weighted by Crippen LogP contribution is -2.12. The zero-order valence-corrected chi connectivity index (χ0v) is 48.4. The van der Waals surface area contributed by atoms with Crippen molar-refractivity contribution in [3.05, 3.63) is 280 Å². The molecule has 0 N–H and O–H groups in total. The van der Waals surface area contributed by atoms with E-state index >= 15 is 0 Å². The van der Waals surface area contributed by atoms with Crippen LogP contribution < -0.4 is 19.6 Å². The van der Waals surface area contributed by atoms with Gasteiger partial charge >= 0.3 is 0 Å². The number of rotatable bonds is 10. The van der Waals surface area contributed by atoms with Gasteiger partial charge in [0.1, 0.15) is 29.8 Å². The van der Waals surface area contributed by atoms with Gasteiger partial charge in [-0.2, -0.15) is 21.0 Å². The molecule has 0 radical (unpaired) electrons. The number of hydrogen-bond acceptors (Lipinski definition) is 8. The molecule has 0 heterocycles. The van der Waals surface area contributed by atoms with Gasteiger partial charge < -0.3 is 19.6 Å². The second-order valence-corrected chi connectivity index (χ2v) is 19.8. The van der Waals surface area contributed by atoms with Gasteiger partial charge in [-0.05, 0) is 98.5 Å². The molecule has 0 bridgehead atoms. The van der Waals surface area contributed by atoms with Gasteiger partial charge in [-0.25, -0.2) is 0 Å². The van der Waals surface area contributed by atoms with Crippen molar-refractivity contribution in [3.8, 4) is 46.5 Å². The summed E-state index contributed by atoms with van der Waals surface area (Å²) in [6, 6.07) is 81.4. The predicted octanol–water partition coefficient (Wildman–Crippen LogP) is 16.2. The second kappa shape index (κ2) is 30.6. The Kier molecular flexibility index (Phi) is 23.2. The molecule has 0 aliphatic carbocycles. The Bertz CT molecular complexity index is 3350. The summed E-state index contributed by atoms with van der Waals surface area (Å²) in [7, 11) is 15.6. The van der Waals surface area contributed by atoms with Crippen LogP contribution in [0.3, 0.4) is 0 Å². The standard InChI is InChI=1S/C44H40N8.4C7H8/c1-49(2)34-17-9-29(10-18-34)40(33(25-45)26-46)43(32-15-23-37(24-16-32)52(7)8)44-39(28-48)41(30-11-19-35(20-12-30)50(3)4)38(27-47)42(44)31-13-21-36(22-14-31)51(5)6;4*1-7-5-3-2-4-6-7/h9-24H,1-8H3;4*2-6H,1H3. The van der Waals surface area contributed by atoms with Crippen LogP contribution in [0.4, 0.5) is 22.7 Å². The molecule has 0 unspecified atom stereocenters. The highest BCUT2D eigenvalue weighted by Crippen LogP contribution is 2.51. The maximum absolute atomic E-state index is 11.2. The highest BCUT2D eigenvalue weighted by Gasteiger charge is 2.35. The highest BCUT2D eigenvalue weighted by atomic mass is 15.1. The topological polar surface area (TPSA) is 108 Å². The van der Waals surface area contributed by atoms with Gasteiger partial charge in [-0.3, -0.25) is 0 Å². The Morgan fingerprint density at radius 2 is 0.700 bits per heavy atom. The van der Waals surface area contributed by atoms with Crippen LogP contribution in [0.5, 0.6) is 0 Å². The van der Waals surface area contributed by atoms with Crippen molar-refractivity contribution in [2.75, 3.05) is 76.0 Å². The summed E-state index contributed by atoms with van der Waals surface area (Å²) in [5, 5.41) is 43.2. The fourth-order valence-corrected chi connectivity index (χ4v) is 8.48. The third kappa shape index (κ3) is 16.9. The Labute approximate surface area is 477 Å². The van der Waals surface area contributed by atoms with E-state index in [2.05, 4.69) is 101 Å². The number of benzene rings is 8. The molecular weight excluding hydrogens is 977 g/mol. The quantitative estimate of drug-likeness (QED) is 0.0984. The summed E-state index contributed by atoms with van der Waals surface area (Å²) in [5.41, 5.74) is 14.3. The van der Waals surface area contributed by atoms with Crippen LogP contribution in [0.15, 0.2) is 224 Å². The molecule has 0 fully saturated rings. The summed E-state index contributed by atoms with van der Waals surface area (Å²) >= 11 is 0. The summed E-state index contributed by atoms with van der Waals surface area (Å²) in [4.78, 5) is 7.94. The molecule has 0 aliphatic heterocycles. The third-order valence-electron chi connectivity index (χ3n) is 12.9. The molecule has 0 atom stereocenters. The molecule has 80 heavy (non-hydrogen) atoms. The number of hydrogen-bond donors (Lipinski definition) is 0. The molecule has 8 heteroatoms. The fourth-order valence-electron chi connectivity index (χ4n) is 8.48. The van der Waals surface area contributed by atoms with E-state index < -0.39 is 0 Å². The highest BCUT2D eigenvalue weighted by molar-refractivity contribution is 6.01. The van der Waals surface area contributed by atoms with Gasteiger partial charge in [-0.15, -0.1) is 0 Å². The summed E-state index contributed by atoms with van der Waals surface area (Å²) in [5.74, 6) is 0.511. The third-order valence-corrected chi connectivity index (χ3v) is 12.9. The minimum atomic E-state index is -0.112. The first kappa shape index (κ1) is 60.7. The van der Waals surface area contributed by atoms with Crippen molar-refractivity contribution in [2.45, 2.75) is 27.7 Å². The van der Waals surface area contributed by atoms with Crippen molar-refractivity contribution in [3.63, 3.8) is 0 Å². The molecule has 9 aromatic carbocycles. The van der Waals surface area contributed by atoms with Gasteiger partial charge in [0.05, 0.1) is 11.1 Å². The molecule has 9 rings (SSSR count). The fraction of sp³-hybridized carbons (Fsp3) is 0.167. The lowest BCUT2D eigenvalue weighted by atomic mass is 9.76. The van der Waals surface area contributed by atoms with E-state index in [1.165, 1.54) is 22.3 Å². The summed E-state index contributed by atoms with van der Waals surface area (Å²) in [6.07, 6.45) is 0. The Hall–Kier alpha value is -10.1. The van der Waals surface area contributed by atoms with Crippen molar-refractivity contribution >= 4 is 28.3 Å². The number of anilines is 4. The van der Waals surface area contributed by atoms with Crippen molar-refractivity contribution in [1.82, 2.24) is 0 Å². The molecule has 0 spiro atoms. The van der Waals surface area contributed by atoms with E-state index in [0.717, 1.165) is 28.3 Å². The molecule has 9 aromatic rings. The largest absolute Gasteiger partial charge is 0.378 e. The van der Waals surface area contributed by atoms with Crippen LogP contribution in [0.2, 0.25) is 0 Å². The molecule has 400 valence electrons. The minimum Gasteiger partial charge on any atom is -0.378 e. The molecular formula is C72H72N8. The van der Waals surface area contributed by atoms with E-state index in [-0.39, 0.29) is 11.1 Å². The van der Waals surface area contributed by atoms with E-state index in [1.807, 2.05) is 246 Å². The van der Waals surface area contributed by atoms with E-state index in [9.17, 15) is 21.0 Å². The molecule has 0 aliphatic rings. The van der Waals surface area contributed by atoms with E-state index in [0.29, 0.717) is 50.4 Å². The van der Waals surface area contributed by atoms with Gasteiger partial charge in [0, 0.05) is 107 Å². The van der Waals surface area contributed by atoms with Crippen LogP contribution in [0, 0.1) is 78.9 Å². The number of aryl methyl sites for hydroxylation is 4. The molecule has 0 saturated carbocycles. The first-order valence-electron chi connectivity index (χ1n) is 26.3. The molecule has 0 amide bonds. The van der Waals surface area contributed by atoms with Crippen molar-refractivity contribution in [1.29, 1.82) is 21.0 Å². The van der Waals surface area contributed by atoms with Gasteiger partial charge in [0.15, 0.2) is 0 Å². The van der Waals surface area contributed by atoms with Crippen LogP contribution in [-0.2, 0) is 0 Å². The van der Waals surface area contributed by atoms with Gasteiger partial charge in [-0.1, -0.05) is 192 Å². The minimum absolute atomic E-state index is 0.112. The number of nitriles is 4. The lowest BCUT2D eigenvalue weighted by molar-refractivity contribution is 1.13. The van der Waals surface area contributed by atoms with Crippen molar-refractivity contribution < 1.29 is 0 Å². The smallest absolute Gasteiger partial charge is 0.138 e. The monoisotopic (exact) mass is 1050 g/mol. The normalized spacial score (nSPS) is 9.70. The zero-order chi connectivity index (χ0) is 58.1. The number of nitrogens with zero attached hydrogens (tertiary/aromatic N) is 8. The number of allylic oxidation sites excluding steroid dienone is 2. The molecule has 8 nitrogen and oxygen atoms in total. The first-order chi connectivity index (χ1) is 38.5. The maximum atomic E-state index is 11.2. The summed E-state index contributed by atoms with van der Waals surface area (Å²) in [6.45, 7) is 8.33. The Morgan fingerprint density at radius 1 is 0.388 bits per heavy atom. The lowest BCUT2D eigenvalue weighted by Gasteiger charge is -2.25. The van der Waals surface area contributed by atoms with E-state index in [1.54, 1.807) is 0 Å². The first-order valence-corrected chi connectivity index (χ1v) is 26.3. The van der Waals surface area contributed by atoms with Gasteiger partial charge in [0.25, 0.3) is 0 Å².